The van der Waals surface area contributed by atoms with Crippen LogP contribution in [0.25, 0.3) is 11.3 Å². The van der Waals surface area contributed by atoms with Crippen molar-refractivity contribution in [1.29, 1.82) is 0 Å². The number of hydrogen-bond acceptors (Lipinski definition) is 5. The maximum Gasteiger partial charge on any atom is 0.148 e. The van der Waals surface area contributed by atoms with Crippen LogP contribution in [0.2, 0.25) is 0 Å². The number of rotatable bonds is 5. The summed E-state index contributed by atoms with van der Waals surface area (Å²) in [4.78, 5) is 0. The molecule has 1 aromatic heterocycles. The van der Waals surface area contributed by atoms with Crippen LogP contribution >= 0.6 is 0 Å². The average Bonchev–Trinajstić information content (AvgIpc) is 2.45. The Bertz CT molecular complexity index is 540. The summed E-state index contributed by atoms with van der Waals surface area (Å²) in [5.74, 6) is 1.52. The minimum Gasteiger partial charge on any atom is -0.496 e. The fourth-order valence-electron chi connectivity index (χ4n) is 1.79. The molecule has 0 unspecified atom stereocenters. The number of nitrogens with zero attached hydrogens (tertiary/aromatic N) is 2. The number of benzene rings is 1. The second-order valence-electron chi connectivity index (χ2n) is 4.22. The van der Waals surface area contributed by atoms with E-state index in [0.717, 1.165) is 28.4 Å². The zero-order chi connectivity index (χ0) is 13.7. The van der Waals surface area contributed by atoms with Crippen LogP contribution in [-0.4, -0.2) is 30.4 Å². The summed E-state index contributed by atoms with van der Waals surface area (Å²) in [6, 6.07) is 9.79. The van der Waals surface area contributed by atoms with Crippen LogP contribution in [0.15, 0.2) is 30.3 Å². The highest BCUT2D eigenvalue weighted by Crippen LogP contribution is 2.29. The molecule has 0 spiro atoms. The molecule has 0 atom stereocenters. The van der Waals surface area contributed by atoms with Gasteiger partial charge in [0.15, 0.2) is 0 Å². The molecular formula is C14H18N4O. The molecule has 0 radical (unpaired) electrons. The number of hydrogen-bond donors (Lipinski definition) is 2. The van der Waals surface area contributed by atoms with Gasteiger partial charge in [0, 0.05) is 18.7 Å². The molecular weight excluding hydrogens is 240 g/mol. The topological polar surface area (TPSA) is 73.1 Å². The van der Waals surface area contributed by atoms with Gasteiger partial charge in [-0.2, -0.15) is 0 Å². The van der Waals surface area contributed by atoms with E-state index in [1.165, 1.54) is 0 Å². The fourth-order valence-corrected chi connectivity index (χ4v) is 1.79. The van der Waals surface area contributed by atoms with E-state index >= 15 is 0 Å². The van der Waals surface area contributed by atoms with Crippen molar-refractivity contribution in [2.75, 3.05) is 25.5 Å². The normalized spacial score (nSPS) is 10.3. The number of nitrogens with one attached hydrogen (secondary N) is 1. The highest BCUT2D eigenvalue weighted by atomic mass is 16.5. The van der Waals surface area contributed by atoms with E-state index < -0.39 is 0 Å². The maximum absolute atomic E-state index is 5.42. The van der Waals surface area contributed by atoms with E-state index in [1.54, 1.807) is 7.11 Å². The summed E-state index contributed by atoms with van der Waals surface area (Å²) in [5.41, 5.74) is 8.32. The maximum atomic E-state index is 5.42. The number of aromatic nitrogens is 2. The predicted octanol–water partition coefficient (Wildman–Crippen LogP) is 1.83. The van der Waals surface area contributed by atoms with Gasteiger partial charge in [0.25, 0.3) is 0 Å². The number of methoxy groups -OCH3 is 1. The summed E-state index contributed by atoms with van der Waals surface area (Å²) >= 11 is 0. The van der Waals surface area contributed by atoms with Gasteiger partial charge < -0.3 is 15.8 Å². The molecule has 5 nitrogen and oxygen atoms in total. The van der Waals surface area contributed by atoms with Crippen LogP contribution in [0, 0.1) is 6.92 Å². The third-order valence-electron chi connectivity index (χ3n) is 2.75. The molecule has 3 N–H and O–H groups in total. The van der Waals surface area contributed by atoms with Gasteiger partial charge in [-0.15, -0.1) is 10.2 Å². The number of ether oxygens (including phenoxy) is 1. The van der Waals surface area contributed by atoms with Crippen molar-refractivity contribution in [2.45, 2.75) is 6.92 Å². The first-order chi connectivity index (χ1) is 9.24. The first kappa shape index (κ1) is 13.3. The Balaban J connectivity index is 2.29. The molecule has 2 rings (SSSR count). The highest BCUT2D eigenvalue weighted by Gasteiger charge is 2.08. The SMILES string of the molecule is COc1ccc(C)cc1-c1ccc(NCCN)nn1. The second-order valence-corrected chi connectivity index (χ2v) is 4.22. The van der Waals surface area contributed by atoms with Gasteiger partial charge in [-0.3, -0.25) is 0 Å². The van der Waals surface area contributed by atoms with Gasteiger partial charge in [0.2, 0.25) is 0 Å². The molecule has 0 amide bonds. The lowest BCUT2D eigenvalue weighted by Crippen LogP contribution is -2.14. The van der Waals surface area contributed by atoms with E-state index in [4.69, 9.17) is 10.5 Å². The summed E-state index contributed by atoms with van der Waals surface area (Å²) in [6.45, 7) is 3.28. The zero-order valence-electron chi connectivity index (χ0n) is 11.2. The van der Waals surface area contributed by atoms with E-state index in [-0.39, 0.29) is 0 Å². The number of anilines is 1. The van der Waals surface area contributed by atoms with Crippen molar-refractivity contribution in [3.8, 4) is 17.0 Å². The smallest absolute Gasteiger partial charge is 0.148 e. The Morgan fingerprint density at radius 3 is 2.68 bits per heavy atom. The molecule has 0 fully saturated rings. The van der Waals surface area contributed by atoms with Gasteiger partial charge in [0.05, 0.1) is 12.8 Å². The summed E-state index contributed by atoms with van der Waals surface area (Å²) in [6.07, 6.45) is 0. The molecule has 0 aliphatic heterocycles. The van der Waals surface area contributed by atoms with Gasteiger partial charge in [-0.1, -0.05) is 11.6 Å². The minimum absolute atomic E-state index is 0.565. The van der Waals surface area contributed by atoms with Crippen molar-refractivity contribution >= 4 is 5.82 Å². The van der Waals surface area contributed by atoms with Crippen molar-refractivity contribution in [3.05, 3.63) is 35.9 Å². The van der Waals surface area contributed by atoms with E-state index in [2.05, 4.69) is 15.5 Å². The van der Waals surface area contributed by atoms with Gasteiger partial charge >= 0.3 is 0 Å². The molecule has 0 bridgehead atoms. The third kappa shape index (κ3) is 3.20. The van der Waals surface area contributed by atoms with E-state index in [0.29, 0.717) is 13.1 Å². The quantitative estimate of drug-likeness (QED) is 0.856. The van der Waals surface area contributed by atoms with Crippen LogP contribution in [-0.2, 0) is 0 Å². The van der Waals surface area contributed by atoms with Gasteiger partial charge in [-0.25, -0.2) is 0 Å². The lowest BCUT2D eigenvalue weighted by Gasteiger charge is -2.09. The molecule has 19 heavy (non-hydrogen) atoms. The second kappa shape index (κ2) is 6.15. The van der Waals surface area contributed by atoms with E-state index in [1.807, 2.05) is 37.3 Å². The van der Waals surface area contributed by atoms with Crippen LogP contribution in [0.5, 0.6) is 5.75 Å². The third-order valence-corrected chi connectivity index (χ3v) is 2.75. The first-order valence-electron chi connectivity index (χ1n) is 6.17. The minimum atomic E-state index is 0.565. The molecule has 5 heteroatoms. The van der Waals surface area contributed by atoms with Crippen LogP contribution < -0.4 is 15.8 Å². The Kier molecular flexibility index (Phi) is 4.30. The van der Waals surface area contributed by atoms with Gasteiger partial charge in [-0.05, 0) is 31.2 Å². The summed E-state index contributed by atoms with van der Waals surface area (Å²) in [7, 11) is 1.65. The first-order valence-corrected chi connectivity index (χ1v) is 6.17. The molecule has 1 aromatic carbocycles. The van der Waals surface area contributed by atoms with Crippen molar-refractivity contribution in [1.82, 2.24) is 10.2 Å². The molecule has 0 aliphatic carbocycles. The number of nitrogens with two attached hydrogens (primary N) is 1. The predicted molar refractivity (Wildman–Crippen MR) is 76.3 cm³/mol. The molecule has 0 saturated carbocycles. The highest BCUT2D eigenvalue weighted by molar-refractivity contribution is 5.68. The van der Waals surface area contributed by atoms with Gasteiger partial charge in [0.1, 0.15) is 11.6 Å². The van der Waals surface area contributed by atoms with E-state index in [9.17, 15) is 0 Å². The van der Waals surface area contributed by atoms with Crippen molar-refractivity contribution < 1.29 is 4.74 Å². The summed E-state index contributed by atoms with van der Waals surface area (Å²) < 4.78 is 5.35. The zero-order valence-corrected chi connectivity index (χ0v) is 11.2. The number of aryl methyl sites for hydroxylation is 1. The largest absolute Gasteiger partial charge is 0.496 e. The molecule has 0 aliphatic rings. The molecule has 0 saturated heterocycles. The lowest BCUT2D eigenvalue weighted by molar-refractivity contribution is 0.416. The Hall–Kier alpha value is -2.14. The lowest BCUT2D eigenvalue weighted by atomic mass is 10.1. The van der Waals surface area contributed by atoms with Crippen molar-refractivity contribution in [2.24, 2.45) is 5.73 Å². The fraction of sp³-hybridized carbons (Fsp3) is 0.286. The van der Waals surface area contributed by atoms with Crippen LogP contribution in [0.3, 0.4) is 0 Å². The van der Waals surface area contributed by atoms with Crippen LogP contribution in [0.4, 0.5) is 5.82 Å². The molecule has 100 valence electrons. The Morgan fingerprint density at radius 2 is 2.05 bits per heavy atom. The van der Waals surface area contributed by atoms with Crippen molar-refractivity contribution in [3.63, 3.8) is 0 Å². The standard InChI is InChI=1S/C14H18N4O/c1-10-3-5-13(19-2)11(9-10)12-4-6-14(18-17-12)16-8-7-15/h3-6,9H,7-8,15H2,1-2H3,(H,16,18). The Morgan fingerprint density at radius 1 is 1.21 bits per heavy atom. The molecule has 2 aromatic rings. The summed E-state index contributed by atoms with van der Waals surface area (Å²) in [5, 5.41) is 11.4. The molecule has 1 heterocycles. The monoisotopic (exact) mass is 258 g/mol. The average molecular weight is 258 g/mol. The Labute approximate surface area is 112 Å². The van der Waals surface area contributed by atoms with Crippen LogP contribution in [0.1, 0.15) is 5.56 Å².